The topological polar surface area (TPSA) is 57.3 Å². The summed E-state index contributed by atoms with van der Waals surface area (Å²) in [6.45, 7) is 4.96. The Balaban J connectivity index is 1.40. The Morgan fingerprint density at radius 3 is 3.00 bits per heavy atom. The third-order valence-corrected chi connectivity index (χ3v) is 6.74. The first-order chi connectivity index (χ1) is 13.2. The van der Waals surface area contributed by atoms with Gasteiger partial charge in [-0.15, -0.1) is 11.3 Å². The normalized spacial score (nSPS) is 25.7. The van der Waals surface area contributed by atoms with E-state index in [1.807, 2.05) is 28.5 Å². The van der Waals surface area contributed by atoms with Crippen LogP contribution in [0.4, 0.5) is 0 Å². The lowest BCUT2D eigenvalue weighted by atomic mass is 9.83. The molecule has 0 aliphatic carbocycles. The summed E-state index contributed by atoms with van der Waals surface area (Å²) in [5.74, 6) is 1.26. The Bertz CT molecular complexity index is 763. The first kappa shape index (κ1) is 18.6. The summed E-state index contributed by atoms with van der Waals surface area (Å²) in [4.78, 5) is 19.7. The molecular formula is C21H28N4OS. The molecule has 2 aliphatic rings. The van der Waals surface area contributed by atoms with Crippen LogP contribution >= 0.6 is 11.3 Å². The minimum Gasteiger partial charge on any atom is -0.337 e. The van der Waals surface area contributed by atoms with Gasteiger partial charge in [0.05, 0.1) is 5.01 Å². The number of carbonyl (C=O) groups is 1. The van der Waals surface area contributed by atoms with E-state index in [1.165, 1.54) is 18.4 Å². The van der Waals surface area contributed by atoms with Gasteiger partial charge in [0, 0.05) is 37.5 Å². The van der Waals surface area contributed by atoms with Crippen molar-refractivity contribution >= 4 is 17.2 Å². The molecule has 1 amide bonds. The number of nitrogens with one attached hydrogen (secondary N) is 2. The van der Waals surface area contributed by atoms with Crippen LogP contribution < -0.4 is 10.9 Å². The smallest absolute Gasteiger partial charge is 0.273 e. The zero-order chi connectivity index (χ0) is 18.6. The highest BCUT2D eigenvalue weighted by Gasteiger charge is 2.36. The van der Waals surface area contributed by atoms with E-state index in [0.717, 1.165) is 37.5 Å². The van der Waals surface area contributed by atoms with Crippen LogP contribution in [0.2, 0.25) is 0 Å². The molecule has 4 rings (SSSR count). The van der Waals surface area contributed by atoms with Gasteiger partial charge < -0.3 is 4.90 Å². The molecule has 3 unspecified atom stereocenters. The number of hydrogen-bond donors (Lipinski definition) is 2. The Labute approximate surface area is 165 Å². The minimum absolute atomic E-state index is 0.0919. The SMILES string of the molecule is CCC1CNNC1C1CCCN(C(=O)c2csc(Cc3ccccc3)n2)C1. The van der Waals surface area contributed by atoms with Gasteiger partial charge in [0.25, 0.3) is 5.91 Å². The predicted octanol–water partition coefficient (Wildman–Crippen LogP) is 3.09. The fraction of sp³-hybridized carbons (Fsp3) is 0.524. The van der Waals surface area contributed by atoms with E-state index in [-0.39, 0.29) is 5.91 Å². The van der Waals surface area contributed by atoms with Gasteiger partial charge in [-0.05, 0) is 30.2 Å². The Morgan fingerprint density at radius 2 is 2.19 bits per heavy atom. The fourth-order valence-electron chi connectivity index (χ4n) is 4.36. The number of benzene rings is 1. The third-order valence-electron chi connectivity index (χ3n) is 5.89. The van der Waals surface area contributed by atoms with E-state index in [4.69, 9.17) is 0 Å². The zero-order valence-electron chi connectivity index (χ0n) is 15.9. The minimum atomic E-state index is 0.0919. The van der Waals surface area contributed by atoms with Crippen molar-refractivity contribution in [3.05, 3.63) is 52.0 Å². The number of nitrogens with zero attached hydrogens (tertiary/aromatic N) is 2. The highest BCUT2D eigenvalue weighted by molar-refractivity contribution is 7.09. The molecule has 3 atom stereocenters. The zero-order valence-corrected chi connectivity index (χ0v) is 16.7. The number of hydrogen-bond acceptors (Lipinski definition) is 5. The number of carbonyl (C=O) groups excluding carboxylic acids is 1. The Hall–Kier alpha value is -1.76. The second kappa shape index (κ2) is 8.50. The third kappa shape index (κ3) is 4.23. The summed E-state index contributed by atoms with van der Waals surface area (Å²) in [6.07, 6.45) is 4.23. The molecule has 27 heavy (non-hydrogen) atoms. The van der Waals surface area contributed by atoms with E-state index in [0.29, 0.717) is 23.6 Å². The maximum atomic E-state index is 13.0. The van der Waals surface area contributed by atoms with Crippen LogP contribution in [-0.2, 0) is 6.42 Å². The van der Waals surface area contributed by atoms with E-state index < -0.39 is 0 Å². The van der Waals surface area contributed by atoms with E-state index in [1.54, 1.807) is 11.3 Å². The summed E-state index contributed by atoms with van der Waals surface area (Å²) in [5, 5.41) is 2.93. The molecule has 1 aromatic carbocycles. The molecule has 0 bridgehead atoms. The maximum absolute atomic E-state index is 13.0. The number of likely N-dealkylation sites (tertiary alicyclic amines) is 1. The fourth-order valence-corrected chi connectivity index (χ4v) is 5.17. The van der Waals surface area contributed by atoms with Gasteiger partial charge >= 0.3 is 0 Å². The molecule has 3 heterocycles. The van der Waals surface area contributed by atoms with Gasteiger partial charge in [-0.25, -0.2) is 4.98 Å². The monoisotopic (exact) mass is 384 g/mol. The van der Waals surface area contributed by atoms with Crippen molar-refractivity contribution < 1.29 is 4.79 Å². The van der Waals surface area contributed by atoms with Crippen LogP contribution in [0, 0.1) is 11.8 Å². The molecule has 0 spiro atoms. The van der Waals surface area contributed by atoms with Crippen molar-refractivity contribution in [1.82, 2.24) is 20.7 Å². The molecule has 1 aromatic heterocycles. The van der Waals surface area contributed by atoms with Crippen LogP contribution in [0.25, 0.3) is 0 Å². The molecule has 2 fully saturated rings. The highest BCUT2D eigenvalue weighted by Crippen LogP contribution is 2.28. The van der Waals surface area contributed by atoms with Gasteiger partial charge in [-0.1, -0.05) is 43.7 Å². The number of amides is 1. The molecule has 6 heteroatoms. The quantitative estimate of drug-likeness (QED) is 0.832. The van der Waals surface area contributed by atoms with Crippen LogP contribution in [-0.4, -0.2) is 41.5 Å². The van der Waals surface area contributed by atoms with Gasteiger partial charge in [0.2, 0.25) is 0 Å². The molecular weight excluding hydrogens is 356 g/mol. The first-order valence-electron chi connectivity index (χ1n) is 10.0. The molecule has 144 valence electrons. The van der Waals surface area contributed by atoms with Crippen LogP contribution in [0.3, 0.4) is 0 Å². The van der Waals surface area contributed by atoms with Crippen molar-refractivity contribution in [2.75, 3.05) is 19.6 Å². The molecule has 0 saturated carbocycles. The summed E-state index contributed by atoms with van der Waals surface area (Å²) in [7, 11) is 0. The summed E-state index contributed by atoms with van der Waals surface area (Å²) < 4.78 is 0. The van der Waals surface area contributed by atoms with Gasteiger partial charge in [-0.2, -0.15) is 0 Å². The van der Waals surface area contributed by atoms with Crippen LogP contribution in [0.15, 0.2) is 35.7 Å². The summed E-state index contributed by atoms with van der Waals surface area (Å²) >= 11 is 1.59. The molecule has 2 saturated heterocycles. The molecule has 2 aromatic rings. The summed E-state index contributed by atoms with van der Waals surface area (Å²) in [5.41, 5.74) is 8.60. The lowest BCUT2D eigenvalue weighted by molar-refractivity contribution is 0.0629. The molecule has 2 aliphatic heterocycles. The summed E-state index contributed by atoms with van der Waals surface area (Å²) in [6, 6.07) is 10.8. The second-order valence-electron chi connectivity index (χ2n) is 7.66. The average molecular weight is 385 g/mol. The number of rotatable bonds is 5. The lowest BCUT2D eigenvalue weighted by Crippen LogP contribution is -2.48. The van der Waals surface area contributed by atoms with Crippen molar-refractivity contribution in [2.24, 2.45) is 11.8 Å². The Morgan fingerprint density at radius 1 is 1.33 bits per heavy atom. The highest BCUT2D eigenvalue weighted by atomic mass is 32.1. The second-order valence-corrected chi connectivity index (χ2v) is 8.60. The van der Waals surface area contributed by atoms with Crippen molar-refractivity contribution in [1.29, 1.82) is 0 Å². The number of aromatic nitrogens is 1. The number of hydrazine groups is 1. The standard InChI is InChI=1S/C21H28N4OS/c1-2-16-12-22-24-20(16)17-9-6-10-25(13-17)21(26)18-14-27-19(23-18)11-15-7-4-3-5-8-15/h3-5,7-8,14,16-17,20,22,24H,2,6,9-13H2,1H3. The van der Waals surface area contributed by atoms with Crippen LogP contribution in [0.5, 0.6) is 0 Å². The lowest BCUT2D eigenvalue weighted by Gasteiger charge is -2.37. The van der Waals surface area contributed by atoms with E-state index in [2.05, 4.69) is 34.9 Å². The van der Waals surface area contributed by atoms with Crippen molar-refractivity contribution in [3.63, 3.8) is 0 Å². The number of thiazole rings is 1. The van der Waals surface area contributed by atoms with Crippen molar-refractivity contribution in [3.8, 4) is 0 Å². The molecule has 0 radical (unpaired) electrons. The molecule has 2 N–H and O–H groups in total. The number of piperidine rings is 1. The van der Waals surface area contributed by atoms with Crippen LogP contribution in [0.1, 0.15) is 47.2 Å². The van der Waals surface area contributed by atoms with E-state index >= 15 is 0 Å². The maximum Gasteiger partial charge on any atom is 0.273 e. The molecule has 5 nitrogen and oxygen atoms in total. The van der Waals surface area contributed by atoms with Gasteiger partial charge in [0.15, 0.2) is 0 Å². The van der Waals surface area contributed by atoms with E-state index in [9.17, 15) is 4.79 Å². The first-order valence-corrected chi connectivity index (χ1v) is 10.9. The van der Waals surface area contributed by atoms with Gasteiger partial charge in [-0.3, -0.25) is 15.6 Å². The predicted molar refractivity (Wildman–Crippen MR) is 109 cm³/mol. The van der Waals surface area contributed by atoms with Gasteiger partial charge in [0.1, 0.15) is 5.69 Å². The Kier molecular flexibility index (Phi) is 5.86. The average Bonchev–Trinajstić information content (AvgIpc) is 3.37. The van der Waals surface area contributed by atoms with Crippen molar-refractivity contribution in [2.45, 2.75) is 38.6 Å². The largest absolute Gasteiger partial charge is 0.337 e.